The third kappa shape index (κ3) is 1.81. The van der Waals surface area contributed by atoms with Gasteiger partial charge in [0, 0.05) is 16.3 Å². The molecular formula is C14H13NS. The minimum atomic E-state index is 0.432. The van der Waals surface area contributed by atoms with Gasteiger partial charge in [0.25, 0.3) is 0 Å². The zero-order valence-electron chi connectivity index (χ0n) is 8.89. The standard InChI is InChI=1S/C14H13NS/c1-2-6-11(7-3-1)13-10-16-14-9-5-4-8-12(14)15-13/h1-9,13,15H,10H2/t13-/m0/s1. The van der Waals surface area contributed by atoms with Gasteiger partial charge < -0.3 is 5.32 Å². The number of benzene rings is 2. The number of para-hydroxylation sites is 1. The Morgan fingerprint density at radius 3 is 2.56 bits per heavy atom. The summed E-state index contributed by atoms with van der Waals surface area (Å²) in [6.07, 6.45) is 0. The summed E-state index contributed by atoms with van der Waals surface area (Å²) in [6.45, 7) is 0. The predicted octanol–water partition coefficient (Wildman–Crippen LogP) is 3.95. The molecule has 0 aromatic heterocycles. The third-order valence-electron chi connectivity index (χ3n) is 2.82. The quantitative estimate of drug-likeness (QED) is 0.791. The molecule has 2 heteroatoms. The van der Waals surface area contributed by atoms with Crippen LogP contribution in [0.5, 0.6) is 0 Å². The van der Waals surface area contributed by atoms with Crippen molar-refractivity contribution >= 4 is 17.4 Å². The van der Waals surface area contributed by atoms with Crippen molar-refractivity contribution in [3.05, 3.63) is 60.2 Å². The third-order valence-corrected chi connectivity index (χ3v) is 3.99. The molecule has 1 heterocycles. The van der Waals surface area contributed by atoms with Crippen molar-refractivity contribution in [2.75, 3.05) is 11.1 Å². The Balaban J connectivity index is 1.89. The Morgan fingerprint density at radius 2 is 1.69 bits per heavy atom. The van der Waals surface area contributed by atoms with Gasteiger partial charge in [-0.05, 0) is 17.7 Å². The second-order valence-corrected chi connectivity index (χ2v) is 4.98. The van der Waals surface area contributed by atoms with Crippen LogP contribution in [0.15, 0.2) is 59.5 Å². The largest absolute Gasteiger partial charge is 0.376 e. The van der Waals surface area contributed by atoms with E-state index >= 15 is 0 Å². The Morgan fingerprint density at radius 1 is 0.938 bits per heavy atom. The number of fused-ring (bicyclic) bond motifs is 1. The van der Waals surface area contributed by atoms with Crippen LogP contribution < -0.4 is 5.32 Å². The zero-order chi connectivity index (χ0) is 10.8. The fourth-order valence-corrected chi connectivity index (χ4v) is 3.06. The van der Waals surface area contributed by atoms with Crippen molar-refractivity contribution in [1.82, 2.24) is 0 Å². The van der Waals surface area contributed by atoms with Crippen LogP contribution in [0.25, 0.3) is 0 Å². The van der Waals surface area contributed by atoms with Gasteiger partial charge in [-0.1, -0.05) is 42.5 Å². The molecule has 2 aromatic rings. The highest BCUT2D eigenvalue weighted by Crippen LogP contribution is 2.37. The van der Waals surface area contributed by atoms with E-state index in [1.54, 1.807) is 0 Å². The van der Waals surface area contributed by atoms with Crippen molar-refractivity contribution < 1.29 is 0 Å². The van der Waals surface area contributed by atoms with E-state index < -0.39 is 0 Å². The van der Waals surface area contributed by atoms with Gasteiger partial charge in [-0.3, -0.25) is 0 Å². The maximum atomic E-state index is 3.59. The summed E-state index contributed by atoms with van der Waals surface area (Å²) in [5.74, 6) is 1.10. The van der Waals surface area contributed by atoms with E-state index in [4.69, 9.17) is 0 Å². The Bertz CT molecular complexity index is 481. The maximum Gasteiger partial charge on any atom is 0.0608 e. The summed E-state index contributed by atoms with van der Waals surface area (Å²) in [5.41, 5.74) is 2.62. The van der Waals surface area contributed by atoms with Gasteiger partial charge in [-0.2, -0.15) is 0 Å². The number of anilines is 1. The molecule has 0 saturated carbocycles. The molecule has 3 rings (SSSR count). The first-order chi connectivity index (χ1) is 7.93. The highest BCUT2D eigenvalue weighted by atomic mass is 32.2. The van der Waals surface area contributed by atoms with Crippen LogP contribution in [0.1, 0.15) is 11.6 Å². The van der Waals surface area contributed by atoms with Crippen molar-refractivity contribution in [3.8, 4) is 0 Å². The predicted molar refractivity (Wildman–Crippen MR) is 70.0 cm³/mol. The van der Waals surface area contributed by atoms with Gasteiger partial charge in [0.05, 0.1) is 6.04 Å². The molecule has 1 atom stereocenters. The van der Waals surface area contributed by atoms with Crippen LogP contribution in [-0.2, 0) is 0 Å². The van der Waals surface area contributed by atoms with Gasteiger partial charge in [0.1, 0.15) is 0 Å². The summed E-state index contributed by atoms with van der Waals surface area (Å²) in [6, 6.07) is 19.6. The molecule has 0 saturated heterocycles. The van der Waals surface area contributed by atoms with Crippen LogP contribution in [-0.4, -0.2) is 5.75 Å². The van der Waals surface area contributed by atoms with E-state index in [-0.39, 0.29) is 0 Å². The molecule has 0 bridgehead atoms. The van der Waals surface area contributed by atoms with Gasteiger partial charge in [-0.25, -0.2) is 0 Å². The van der Waals surface area contributed by atoms with Crippen LogP contribution in [0.3, 0.4) is 0 Å². The highest BCUT2D eigenvalue weighted by molar-refractivity contribution is 7.99. The molecular weight excluding hydrogens is 214 g/mol. The van der Waals surface area contributed by atoms with Crippen molar-refractivity contribution in [3.63, 3.8) is 0 Å². The summed E-state index contributed by atoms with van der Waals surface area (Å²) in [5, 5.41) is 3.59. The minimum Gasteiger partial charge on any atom is -0.376 e. The smallest absolute Gasteiger partial charge is 0.0608 e. The molecule has 0 fully saturated rings. The fraction of sp³-hybridized carbons (Fsp3) is 0.143. The van der Waals surface area contributed by atoms with Gasteiger partial charge >= 0.3 is 0 Å². The number of hydrogen-bond donors (Lipinski definition) is 1. The monoisotopic (exact) mass is 227 g/mol. The van der Waals surface area contributed by atoms with E-state index in [1.165, 1.54) is 16.1 Å². The second-order valence-electron chi connectivity index (χ2n) is 3.91. The molecule has 1 aliphatic rings. The van der Waals surface area contributed by atoms with E-state index in [0.717, 1.165) is 5.75 Å². The van der Waals surface area contributed by atoms with Crippen molar-refractivity contribution in [2.45, 2.75) is 10.9 Å². The first-order valence-electron chi connectivity index (χ1n) is 5.47. The van der Waals surface area contributed by atoms with Crippen LogP contribution in [0, 0.1) is 0 Å². The minimum absolute atomic E-state index is 0.432. The maximum absolute atomic E-state index is 3.59. The molecule has 1 nitrogen and oxygen atoms in total. The lowest BCUT2D eigenvalue weighted by molar-refractivity contribution is 0.880. The first kappa shape index (κ1) is 9.79. The molecule has 0 radical (unpaired) electrons. The lowest BCUT2D eigenvalue weighted by Gasteiger charge is -2.26. The molecule has 2 aromatic carbocycles. The van der Waals surface area contributed by atoms with Gasteiger partial charge in [-0.15, -0.1) is 11.8 Å². The normalized spacial score (nSPS) is 18.6. The first-order valence-corrected chi connectivity index (χ1v) is 6.45. The summed E-state index contributed by atoms with van der Waals surface area (Å²) in [4.78, 5) is 1.36. The molecule has 16 heavy (non-hydrogen) atoms. The summed E-state index contributed by atoms with van der Waals surface area (Å²) < 4.78 is 0. The SMILES string of the molecule is c1ccc([C@@H]2CSc3ccccc3N2)cc1. The van der Waals surface area contributed by atoms with Crippen LogP contribution in [0.4, 0.5) is 5.69 Å². The lowest BCUT2D eigenvalue weighted by Crippen LogP contribution is -2.17. The lowest BCUT2D eigenvalue weighted by atomic mass is 10.1. The molecule has 1 aliphatic heterocycles. The zero-order valence-corrected chi connectivity index (χ0v) is 9.71. The van der Waals surface area contributed by atoms with Crippen LogP contribution in [0.2, 0.25) is 0 Å². The topological polar surface area (TPSA) is 12.0 Å². The van der Waals surface area contributed by atoms with Crippen LogP contribution >= 0.6 is 11.8 Å². The Kier molecular flexibility index (Phi) is 2.58. The number of thioether (sulfide) groups is 1. The van der Waals surface area contributed by atoms with E-state index in [2.05, 4.69) is 59.9 Å². The van der Waals surface area contributed by atoms with E-state index in [0.29, 0.717) is 6.04 Å². The Labute approximate surface area is 99.9 Å². The van der Waals surface area contributed by atoms with Gasteiger partial charge in [0.2, 0.25) is 0 Å². The molecule has 0 spiro atoms. The fourth-order valence-electron chi connectivity index (χ4n) is 1.98. The Hall–Kier alpha value is -1.41. The van der Waals surface area contributed by atoms with E-state index in [1.807, 2.05) is 11.8 Å². The highest BCUT2D eigenvalue weighted by Gasteiger charge is 2.18. The molecule has 0 amide bonds. The van der Waals surface area contributed by atoms with Crippen molar-refractivity contribution in [2.24, 2.45) is 0 Å². The molecule has 1 N–H and O–H groups in total. The van der Waals surface area contributed by atoms with Gasteiger partial charge in [0.15, 0.2) is 0 Å². The number of hydrogen-bond acceptors (Lipinski definition) is 2. The molecule has 80 valence electrons. The number of nitrogens with one attached hydrogen (secondary N) is 1. The summed E-state index contributed by atoms with van der Waals surface area (Å²) >= 11 is 1.93. The number of rotatable bonds is 1. The van der Waals surface area contributed by atoms with E-state index in [9.17, 15) is 0 Å². The second kappa shape index (κ2) is 4.22. The van der Waals surface area contributed by atoms with Crippen molar-refractivity contribution in [1.29, 1.82) is 0 Å². The average molecular weight is 227 g/mol. The molecule has 0 aliphatic carbocycles. The molecule has 0 unspecified atom stereocenters. The average Bonchev–Trinajstić information content (AvgIpc) is 2.39. The summed E-state index contributed by atoms with van der Waals surface area (Å²) in [7, 11) is 0.